The predicted octanol–water partition coefficient (Wildman–Crippen LogP) is 3.31. The van der Waals surface area contributed by atoms with Crippen molar-refractivity contribution in [2.24, 2.45) is 0 Å². The summed E-state index contributed by atoms with van der Waals surface area (Å²) in [6, 6.07) is 15.5. The molecule has 2 N–H and O–H groups in total. The van der Waals surface area contributed by atoms with Gasteiger partial charge >= 0.3 is 6.09 Å². The van der Waals surface area contributed by atoms with E-state index >= 15 is 0 Å². The van der Waals surface area contributed by atoms with Crippen LogP contribution in [0.25, 0.3) is 21.8 Å². The van der Waals surface area contributed by atoms with Gasteiger partial charge < -0.3 is 24.4 Å². The summed E-state index contributed by atoms with van der Waals surface area (Å²) < 4.78 is 7.52. The van der Waals surface area contributed by atoms with E-state index in [9.17, 15) is 15.0 Å². The van der Waals surface area contributed by atoms with Gasteiger partial charge in [-0.2, -0.15) is 0 Å². The van der Waals surface area contributed by atoms with Gasteiger partial charge in [-0.05, 0) is 32.9 Å². The Labute approximate surface area is 163 Å². The topological polar surface area (TPSA) is 74.9 Å². The minimum atomic E-state index is -1.05. The summed E-state index contributed by atoms with van der Waals surface area (Å²) in [5.74, 6) is 0. The molecular formula is C22H26N2O4. The van der Waals surface area contributed by atoms with Crippen molar-refractivity contribution in [1.82, 2.24) is 9.47 Å². The molecule has 148 valence electrons. The summed E-state index contributed by atoms with van der Waals surface area (Å²) in [6.07, 6.45) is -2.52. The molecule has 2 unspecified atom stereocenters. The van der Waals surface area contributed by atoms with Crippen LogP contribution in [0.3, 0.4) is 0 Å². The van der Waals surface area contributed by atoms with Gasteiger partial charge in [-0.15, -0.1) is 0 Å². The summed E-state index contributed by atoms with van der Waals surface area (Å²) in [6.45, 7) is 5.74. The van der Waals surface area contributed by atoms with Gasteiger partial charge in [0.25, 0.3) is 0 Å². The van der Waals surface area contributed by atoms with Gasteiger partial charge in [0.2, 0.25) is 0 Å². The molecule has 2 heterocycles. The van der Waals surface area contributed by atoms with E-state index < -0.39 is 29.9 Å². The van der Waals surface area contributed by atoms with Crippen molar-refractivity contribution < 1.29 is 19.7 Å². The molecule has 1 aromatic heterocycles. The average molecular weight is 382 g/mol. The van der Waals surface area contributed by atoms with E-state index in [0.29, 0.717) is 0 Å². The smallest absolute Gasteiger partial charge is 0.410 e. The normalized spacial score (nSPS) is 23.3. The Morgan fingerprint density at radius 1 is 0.964 bits per heavy atom. The van der Waals surface area contributed by atoms with Crippen LogP contribution in [0.2, 0.25) is 0 Å². The molecule has 6 heteroatoms. The molecule has 1 amide bonds. The Morgan fingerprint density at radius 2 is 1.50 bits per heavy atom. The zero-order valence-corrected chi connectivity index (χ0v) is 16.4. The largest absolute Gasteiger partial charge is 0.444 e. The SMILES string of the molecule is CC(C)(C)OC(=O)N1CC(n2c3ccccc3c3ccccc32)C(O)[C@H](O)C1. The molecule has 3 atom stereocenters. The first-order valence-corrected chi connectivity index (χ1v) is 9.58. The minimum absolute atomic E-state index is 0.0454. The molecule has 2 aromatic carbocycles. The van der Waals surface area contributed by atoms with E-state index in [-0.39, 0.29) is 13.1 Å². The number of benzene rings is 2. The number of likely N-dealkylation sites (tertiary alicyclic amines) is 1. The first-order valence-electron chi connectivity index (χ1n) is 9.58. The van der Waals surface area contributed by atoms with Gasteiger partial charge in [0, 0.05) is 28.4 Å². The summed E-state index contributed by atoms with van der Waals surface area (Å²) in [5, 5.41) is 23.5. The van der Waals surface area contributed by atoms with Crippen LogP contribution in [0.4, 0.5) is 4.79 Å². The van der Waals surface area contributed by atoms with Crippen molar-refractivity contribution in [3.63, 3.8) is 0 Å². The van der Waals surface area contributed by atoms with E-state index in [2.05, 4.69) is 0 Å². The van der Waals surface area contributed by atoms with Gasteiger partial charge in [0.1, 0.15) is 11.7 Å². The fourth-order valence-corrected chi connectivity index (χ4v) is 4.02. The Hall–Kier alpha value is -2.57. The number of amides is 1. The van der Waals surface area contributed by atoms with Crippen molar-refractivity contribution in [2.75, 3.05) is 13.1 Å². The number of aliphatic hydroxyl groups is 2. The second-order valence-electron chi connectivity index (χ2n) is 8.41. The van der Waals surface area contributed by atoms with Crippen molar-refractivity contribution in [3.8, 4) is 0 Å². The number of hydrogen-bond donors (Lipinski definition) is 2. The lowest BCUT2D eigenvalue weighted by molar-refractivity contribution is -0.0704. The van der Waals surface area contributed by atoms with Crippen LogP contribution >= 0.6 is 0 Å². The monoisotopic (exact) mass is 382 g/mol. The molecule has 4 rings (SSSR count). The number of piperidine rings is 1. The maximum absolute atomic E-state index is 12.6. The molecule has 0 saturated carbocycles. The molecule has 1 aliphatic heterocycles. The Balaban J connectivity index is 1.79. The van der Waals surface area contributed by atoms with Gasteiger partial charge in [-0.25, -0.2) is 4.79 Å². The molecule has 0 aliphatic carbocycles. The van der Waals surface area contributed by atoms with Crippen LogP contribution < -0.4 is 0 Å². The number of fused-ring (bicyclic) bond motifs is 3. The number of rotatable bonds is 1. The van der Waals surface area contributed by atoms with Gasteiger partial charge in [0.05, 0.1) is 18.7 Å². The number of para-hydroxylation sites is 2. The van der Waals surface area contributed by atoms with Crippen LogP contribution in [-0.2, 0) is 4.74 Å². The van der Waals surface area contributed by atoms with Crippen molar-refractivity contribution >= 4 is 27.9 Å². The maximum Gasteiger partial charge on any atom is 0.410 e. The number of hydrogen-bond acceptors (Lipinski definition) is 4. The Bertz CT molecular complexity index is 967. The summed E-state index contributed by atoms with van der Waals surface area (Å²) in [4.78, 5) is 14.1. The molecule has 0 spiro atoms. The van der Waals surface area contributed by atoms with Crippen molar-refractivity contribution in [3.05, 3.63) is 48.5 Å². The van der Waals surface area contributed by atoms with Gasteiger partial charge in [-0.3, -0.25) is 0 Å². The quantitative estimate of drug-likeness (QED) is 0.677. The lowest BCUT2D eigenvalue weighted by atomic mass is 9.99. The number of aliphatic hydroxyl groups excluding tert-OH is 2. The highest BCUT2D eigenvalue weighted by Gasteiger charge is 2.40. The number of ether oxygens (including phenoxy) is 1. The predicted molar refractivity (Wildman–Crippen MR) is 108 cm³/mol. The van der Waals surface area contributed by atoms with Crippen molar-refractivity contribution in [1.29, 1.82) is 0 Å². The minimum Gasteiger partial charge on any atom is -0.444 e. The highest BCUT2D eigenvalue weighted by atomic mass is 16.6. The van der Waals surface area contributed by atoms with Crippen LogP contribution in [0.5, 0.6) is 0 Å². The second kappa shape index (κ2) is 6.79. The van der Waals surface area contributed by atoms with Crippen LogP contribution in [-0.4, -0.2) is 56.7 Å². The van der Waals surface area contributed by atoms with Gasteiger partial charge in [0.15, 0.2) is 0 Å². The molecule has 1 aliphatic rings. The summed E-state index contributed by atoms with van der Waals surface area (Å²) in [7, 11) is 0. The molecule has 0 bridgehead atoms. The zero-order chi connectivity index (χ0) is 20.1. The number of aromatic nitrogens is 1. The first kappa shape index (κ1) is 18.8. The van der Waals surface area contributed by atoms with E-state index in [0.717, 1.165) is 21.8 Å². The number of nitrogens with zero attached hydrogens (tertiary/aromatic N) is 2. The molecule has 3 aromatic rings. The molecule has 1 fully saturated rings. The highest BCUT2D eigenvalue weighted by Crippen LogP contribution is 2.35. The highest BCUT2D eigenvalue weighted by molar-refractivity contribution is 6.08. The van der Waals surface area contributed by atoms with E-state index in [4.69, 9.17) is 4.74 Å². The van der Waals surface area contributed by atoms with Crippen LogP contribution in [0, 0.1) is 0 Å². The average Bonchev–Trinajstić information content (AvgIpc) is 2.97. The third-order valence-corrected chi connectivity index (χ3v) is 5.20. The standard InChI is InChI=1S/C22H26N2O4/c1-22(2,3)28-21(27)23-12-18(20(26)19(25)13-23)24-16-10-6-4-8-14(16)15-9-5-7-11-17(15)24/h4-11,18-20,25-26H,12-13H2,1-3H3/t18?,19-,20?/m1/s1. The second-order valence-corrected chi connectivity index (χ2v) is 8.41. The molecule has 1 saturated heterocycles. The third kappa shape index (κ3) is 3.23. The lowest BCUT2D eigenvalue weighted by Crippen LogP contribution is -2.55. The zero-order valence-electron chi connectivity index (χ0n) is 16.4. The van der Waals surface area contributed by atoms with E-state index in [1.807, 2.05) is 73.9 Å². The summed E-state index contributed by atoms with van der Waals surface area (Å²) >= 11 is 0. The fourth-order valence-electron chi connectivity index (χ4n) is 4.02. The number of carbonyl (C=O) groups is 1. The molecule has 0 radical (unpaired) electrons. The Morgan fingerprint density at radius 3 is 2.04 bits per heavy atom. The number of β-amino-alcohol motifs (C(OH)–C–C–N with tert-alkyl or cyclic N) is 1. The Kier molecular flexibility index (Phi) is 4.56. The van der Waals surface area contributed by atoms with E-state index in [1.165, 1.54) is 4.90 Å². The molecular weight excluding hydrogens is 356 g/mol. The van der Waals surface area contributed by atoms with E-state index in [1.54, 1.807) is 0 Å². The van der Waals surface area contributed by atoms with Gasteiger partial charge in [-0.1, -0.05) is 36.4 Å². The first-order chi connectivity index (χ1) is 13.3. The summed E-state index contributed by atoms with van der Waals surface area (Å²) in [5.41, 5.74) is 1.30. The fraction of sp³-hybridized carbons (Fsp3) is 0.409. The van der Waals surface area contributed by atoms with Crippen molar-refractivity contribution in [2.45, 2.75) is 44.6 Å². The lowest BCUT2D eigenvalue weighted by Gasteiger charge is -2.40. The van der Waals surface area contributed by atoms with Crippen LogP contribution in [0.1, 0.15) is 26.8 Å². The molecule has 28 heavy (non-hydrogen) atoms. The molecule has 6 nitrogen and oxygen atoms in total. The van der Waals surface area contributed by atoms with Crippen LogP contribution in [0.15, 0.2) is 48.5 Å². The maximum atomic E-state index is 12.6. The third-order valence-electron chi connectivity index (χ3n) is 5.20. The number of carbonyl (C=O) groups excluding carboxylic acids is 1.